The summed E-state index contributed by atoms with van der Waals surface area (Å²) < 4.78 is 0. The molecule has 0 saturated carbocycles. The Hall–Kier alpha value is -2.09. The van der Waals surface area contributed by atoms with E-state index >= 15 is 0 Å². The van der Waals surface area contributed by atoms with Gasteiger partial charge in [0.25, 0.3) is 5.69 Å². The number of nitrogens with one attached hydrogen (secondary N) is 1. The molecule has 102 valence electrons. The zero-order valence-electron chi connectivity index (χ0n) is 11.7. The van der Waals surface area contributed by atoms with Gasteiger partial charge in [-0.15, -0.1) is 0 Å². The van der Waals surface area contributed by atoms with Crippen LogP contribution in [0.15, 0.2) is 18.2 Å². The molecule has 5 heteroatoms. The Kier molecular flexibility index (Phi) is 4.49. The van der Waals surface area contributed by atoms with Crippen LogP contribution in [0.1, 0.15) is 33.3 Å². The van der Waals surface area contributed by atoms with Crippen LogP contribution in [0.5, 0.6) is 0 Å². The number of hydrogen-bond donors (Lipinski definition) is 1. The summed E-state index contributed by atoms with van der Waals surface area (Å²) in [7, 11) is 0. The first-order valence-electron chi connectivity index (χ1n) is 6.18. The second-order valence-electron chi connectivity index (χ2n) is 5.75. The van der Waals surface area contributed by atoms with Crippen LogP contribution in [-0.4, -0.2) is 11.5 Å². The highest BCUT2D eigenvalue weighted by Crippen LogP contribution is 2.27. The molecule has 0 aromatic heterocycles. The molecule has 19 heavy (non-hydrogen) atoms. The Morgan fingerprint density at radius 2 is 2.11 bits per heavy atom. The Bertz CT molecular complexity index is 512. The lowest BCUT2D eigenvalue weighted by molar-refractivity contribution is -0.385. The van der Waals surface area contributed by atoms with E-state index in [2.05, 4.69) is 33.0 Å². The van der Waals surface area contributed by atoms with E-state index in [1.807, 2.05) is 6.07 Å². The summed E-state index contributed by atoms with van der Waals surface area (Å²) in [4.78, 5) is 10.3. The van der Waals surface area contributed by atoms with Crippen molar-refractivity contribution in [2.24, 2.45) is 11.3 Å². The average molecular weight is 261 g/mol. The number of hydrogen-bond acceptors (Lipinski definition) is 4. The third kappa shape index (κ3) is 3.95. The van der Waals surface area contributed by atoms with Crippen LogP contribution in [-0.2, 0) is 0 Å². The summed E-state index contributed by atoms with van der Waals surface area (Å²) >= 11 is 0. The first-order chi connectivity index (χ1) is 8.75. The third-order valence-electron chi connectivity index (χ3n) is 3.41. The summed E-state index contributed by atoms with van der Waals surface area (Å²) in [6.07, 6.45) is 0. The van der Waals surface area contributed by atoms with Crippen LogP contribution >= 0.6 is 0 Å². The second-order valence-corrected chi connectivity index (χ2v) is 5.75. The fourth-order valence-electron chi connectivity index (χ4n) is 1.46. The number of rotatable bonds is 4. The average Bonchev–Trinajstić information content (AvgIpc) is 2.34. The van der Waals surface area contributed by atoms with E-state index in [1.54, 1.807) is 6.07 Å². The van der Waals surface area contributed by atoms with Gasteiger partial charge in [0.15, 0.2) is 0 Å². The van der Waals surface area contributed by atoms with E-state index in [4.69, 9.17) is 5.26 Å². The summed E-state index contributed by atoms with van der Waals surface area (Å²) in [5.74, 6) is 0.419. The van der Waals surface area contributed by atoms with Gasteiger partial charge in [-0.2, -0.15) is 5.26 Å². The summed E-state index contributed by atoms with van der Waals surface area (Å²) in [6, 6.07) is 6.40. The van der Waals surface area contributed by atoms with Crippen molar-refractivity contribution < 1.29 is 4.92 Å². The highest BCUT2D eigenvalue weighted by molar-refractivity contribution is 5.59. The van der Waals surface area contributed by atoms with Gasteiger partial charge in [0.1, 0.15) is 11.6 Å². The van der Waals surface area contributed by atoms with Crippen molar-refractivity contribution in [3.8, 4) is 6.07 Å². The Balaban J connectivity index is 2.84. The minimum atomic E-state index is -0.531. The van der Waals surface area contributed by atoms with Crippen LogP contribution in [0, 0.1) is 32.8 Å². The highest BCUT2D eigenvalue weighted by Gasteiger charge is 2.20. The van der Waals surface area contributed by atoms with E-state index < -0.39 is 4.92 Å². The maximum atomic E-state index is 10.9. The van der Waals surface area contributed by atoms with Gasteiger partial charge in [0, 0.05) is 18.3 Å². The molecule has 0 heterocycles. The minimum absolute atomic E-state index is 0.0828. The molecule has 1 rings (SSSR count). The van der Waals surface area contributed by atoms with Crippen molar-refractivity contribution in [1.29, 1.82) is 5.26 Å². The number of nitriles is 1. The van der Waals surface area contributed by atoms with Crippen molar-refractivity contribution >= 4 is 11.4 Å². The first kappa shape index (κ1) is 15.0. The third-order valence-corrected chi connectivity index (χ3v) is 3.41. The smallest absolute Gasteiger partial charge is 0.289 e. The van der Waals surface area contributed by atoms with Crippen LogP contribution in [0.4, 0.5) is 11.4 Å². The van der Waals surface area contributed by atoms with E-state index in [0.29, 0.717) is 11.6 Å². The second kappa shape index (κ2) is 5.70. The minimum Gasteiger partial charge on any atom is -0.385 e. The molecule has 0 aliphatic rings. The van der Waals surface area contributed by atoms with Gasteiger partial charge in [-0.3, -0.25) is 10.1 Å². The van der Waals surface area contributed by atoms with Gasteiger partial charge in [-0.25, -0.2) is 0 Å². The molecule has 5 nitrogen and oxygen atoms in total. The molecule has 0 bridgehead atoms. The molecule has 1 unspecified atom stereocenters. The van der Waals surface area contributed by atoms with E-state index in [-0.39, 0.29) is 16.7 Å². The van der Waals surface area contributed by atoms with E-state index in [1.165, 1.54) is 12.1 Å². The van der Waals surface area contributed by atoms with Crippen LogP contribution in [0.25, 0.3) is 0 Å². The number of anilines is 1. The number of nitrogens with zero attached hydrogens (tertiary/aromatic N) is 2. The SMILES string of the molecule is CC(CNc1ccc(C#N)c([N+](=O)[O-])c1)C(C)(C)C. The van der Waals surface area contributed by atoms with Crippen molar-refractivity contribution in [3.05, 3.63) is 33.9 Å². The van der Waals surface area contributed by atoms with E-state index in [9.17, 15) is 10.1 Å². The molecular weight excluding hydrogens is 242 g/mol. The molecular formula is C14H19N3O2. The monoisotopic (exact) mass is 261 g/mol. The summed E-state index contributed by atoms with van der Waals surface area (Å²) in [6.45, 7) is 9.32. The Morgan fingerprint density at radius 3 is 2.58 bits per heavy atom. The van der Waals surface area contributed by atoms with Crippen LogP contribution in [0.2, 0.25) is 0 Å². The zero-order chi connectivity index (χ0) is 14.6. The maximum absolute atomic E-state index is 10.9. The summed E-state index contributed by atoms with van der Waals surface area (Å²) in [5, 5.41) is 22.8. The molecule has 0 radical (unpaired) electrons. The molecule has 1 N–H and O–H groups in total. The molecule has 0 spiro atoms. The van der Waals surface area contributed by atoms with Crippen LogP contribution in [0.3, 0.4) is 0 Å². The lowest BCUT2D eigenvalue weighted by atomic mass is 9.82. The van der Waals surface area contributed by atoms with Gasteiger partial charge in [0.05, 0.1) is 4.92 Å². The molecule has 1 atom stereocenters. The molecule has 0 saturated heterocycles. The molecule has 0 fully saturated rings. The quantitative estimate of drug-likeness (QED) is 0.663. The maximum Gasteiger partial charge on any atom is 0.289 e. The standard InChI is InChI=1S/C14H19N3O2/c1-10(14(2,3)4)9-16-12-6-5-11(8-15)13(7-12)17(18)19/h5-7,10,16H,9H2,1-4H3. The highest BCUT2D eigenvalue weighted by atomic mass is 16.6. The number of nitro groups is 1. The predicted octanol–water partition coefficient (Wildman–Crippen LogP) is 3.56. The van der Waals surface area contributed by atoms with Crippen molar-refractivity contribution in [2.45, 2.75) is 27.7 Å². The van der Waals surface area contributed by atoms with E-state index in [0.717, 1.165) is 6.54 Å². The predicted molar refractivity (Wildman–Crippen MR) is 74.9 cm³/mol. The van der Waals surface area contributed by atoms with Crippen molar-refractivity contribution in [2.75, 3.05) is 11.9 Å². The van der Waals surface area contributed by atoms with Gasteiger partial charge in [-0.1, -0.05) is 27.7 Å². The Labute approximate surface area is 113 Å². The van der Waals surface area contributed by atoms with Gasteiger partial charge in [-0.05, 0) is 23.5 Å². The van der Waals surface area contributed by atoms with Gasteiger partial charge >= 0.3 is 0 Å². The molecule has 1 aromatic carbocycles. The molecule has 1 aromatic rings. The first-order valence-corrected chi connectivity index (χ1v) is 6.18. The normalized spacial score (nSPS) is 12.6. The van der Waals surface area contributed by atoms with Crippen LogP contribution < -0.4 is 5.32 Å². The zero-order valence-corrected chi connectivity index (χ0v) is 11.7. The van der Waals surface area contributed by atoms with Gasteiger partial charge in [0.2, 0.25) is 0 Å². The van der Waals surface area contributed by atoms with Gasteiger partial charge < -0.3 is 5.32 Å². The van der Waals surface area contributed by atoms with Crippen molar-refractivity contribution in [1.82, 2.24) is 0 Å². The number of nitro benzene ring substituents is 1. The topological polar surface area (TPSA) is 79.0 Å². The fourth-order valence-corrected chi connectivity index (χ4v) is 1.46. The largest absolute Gasteiger partial charge is 0.385 e. The molecule has 0 aliphatic carbocycles. The lowest BCUT2D eigenvalue weighted by Gasteiger charge is -2.27. The number of benzene rings is 1. The Morgan fingerprint density at radius 1 is 1.47 bits per heavy atom. The summed E-state index contributed by atoms with van der Waals surface area (Å²) in [5.41, 5.74) is 0.767. The molecule has 0 aliphatic heterocycles. The molecule has 0 amide bonds. The van der Waals surface area contributed by atoms with Crippen molar-refractivity contribution in [3.63, 3.8) is 0 Å². The lowest BCUT2D eigenvalue weighted by Crippen LogP contribution is -2.24. The fraction of sp³-hybridized carbons (Fsp3) is 0.500.